The van der Waals surface area contributed by atoms with Gasteiger partial charge in [0.1, 0.15) is 0 Å². The molecule has 0 unspecified atom stereocenters. The molecule has 26 heavy (non-hydrogen) atoms. The van der Waals surface area contributed by atoms with Crippen LogP contribution in [0.25, 0.3) is 0 Å². The number of carbonyl (C=O) groups is 2. The predicted octanol–water partition coefficient (Wildman–Crippen LogP) is 3.72. The molecular formula is C20H24ClN3O2. The lowest BCUT2D eigenvalue weighted by Gasteiger charge is -2.11. The van der Waals surface area contributed by atoms with E-state index in [1.807, 2.05) is 43.3 Å². The minimum atomic E-state index is -0.150. The molecule has 2 rings (SSSR count). The van der Waals surface area contributed by atoms with Crippen LogP contribution in [-0.4, -0.2) is 37.4 Å². The van der Waals surface area contributed by atoms with Crippen molar-refractivity contribution in [3.05, 3.63) is 58.6 Å². The van der Waals surface area contributed by atoms with Crippen LogP contribution >= 0.6 is 11.6 Å². The van der Waals surface area contributed by atoms with Gasteiger partial charge >= 0.3 is 0 Å². The van der Waals surface area contributed by atoms with Crippen molar-refractivity contribution in [2.75, 3.05) is 31.3 Å². The highest BCUT2D eigenvalue weighted by molar-refractivity contribution is 6.31. The van der Waals surface area contributed by atoms with Crippen molar-refractivity contribution < 1.29 is 9.59 Å². The molecule has 0 aliphatic heterocycles. The number of nitrogens with one attached hydrogen (secondary N) is 2. The van der Waals surface area contributed by atoms with Crippen molar-refractivity contribution in [3.8, 4) is 0 Å². The van der Waals surface area contributed by atoms with Gasteiger partial charge in [-0.25, -0.2) is 0 Å². The molecule has 0 spiro atoms. The fraction of sp³-hybridized carbons (Fsp3) is 0.300. The molecule has 2 N–H and O–H groups in total. The van der Waals surface area contributed by atoms with Gasteiger partial charge in [0.05, 0.1) is 6.54 Å². The van der Waals surface area contributed by atoms with Crippen molar-refractivity contribution in [1.29, 1.82) is 0 Å². The SMILES string of the molecule is Cc1ccc(NCC(=O)Nc2cccc(CCC(=O)N(C)C)c2)cc1Cl. The van der Waals surface area contributed by atoms with Gasteiger partial charge in [-0.15, -0.1) is 0 Å². The number of hydrogen-bond acceptors (Lipinski definition) is 3. The van der Waals surface area contributed by atoms with Crippen molar-refractivity contribution in [1.82, 2.24) is 4.90 Å². The Morgan fingerprint density at radius 3 is 2.54 bits per heavy atom. The first-order valence-corrected chi connectivity index (χ1v) is 8.82. The van der Waals surface area contributed by atoms with Crippen LogP contribution in [0.4, 0.5) is 11.4 Å². The maximum Gasteiger partial charge on any atom is 0.243 e. The second kappa shape index (κ2) is 9.25. The monoisotopic (exact) mass is 373 g/mol. The van der Waals surface area contributed by atoms with Crippen LogP contribution in [-0.2, 0) is 16.0 Å². The molecule has 0 fully saturated rings. The van der Waals surface area contributed by atoms with Crippen molar-refractivity contribution >= 4 is 34.8 Å². The zero-order valence-electron chi connectivity index (χ0n) is 15.3. The Balaban J connectivity index is 1.87. The summed E-state index contributed by atoms with van der Waals surface area (Å²) in [6.07, 6.45) is 1.08. The van der Waals surface area contributed by atoms with Crippen LogP contribution in [0.3, 0.4) is 0 Å². The molecule has 2 aromatic rings. The van der Waals surface area contributed by atoms with E-state index in [0.29, 0.717) is 23.6 Å². The maximum atomic E-state index is 12.1. The first kappa shape index (κ1) is 19.8. The van der Waals surface area contributed by atoms with Gasteiger partial charge in [0.2, 0.25) is 11.8 Å². The molecule has 0 aromatic heterocycles. The molecule has 0 saturated heterocycles. The van der Waals surface area contributed by atoms with E-state index in [4.69, 9.17) is 11.6 Å². The summed E-state index contributed by atoms with van der Waals surface area (Å²) in [6.45, 7) is 2.07. The summed E-state index contributed by atoms with van der Waals surface area (Å²) in [5.74, 6) is -0.0661. The summed E-state index contributed by atoms with van der Waals surface area (Å²) in [4.78, 5) is 25.4. The third kappa shape index (κ3) is 6.08. The molecule has 0 atom stereocenters. The second-order valence-corrected chi connectivity index (χ2v) is 6.76. The zero-order valence-corrected chi connectivity index (χ0v) is 16.1. The average Bonchev–Trinajstić information content (AvgIpc) is 2.61. The largest absolute Gasteiger partial charge is 0.376 e. The summed E-state index contributed by atoms with van der Waals surface area (Å²) in [6, 6.07) is 13.1. The third-order valence-corrected chi connectivity index (χ3v) is 4.37. The average molecular weight is 374 g/mol. The van der Waals surface area contributed by atoms with Gasteiger partial charge in [0, 0.05) is 36.9 Å². The second-order valence-electron chi connectivity index (χ2n) is 6.35. The summed E-state index contributed by atoms with van der Waals surface area (Å²) in [7, 11) is 3.49. The van der Waals surface area contributed by atoms with Crippen LogP contribution in [0, 0.1) is 6.92 Å². The number of rotatable bonds is 7. The van der Waals surface area contributed by atoms with Crippen LogP contribution < -0.4 is 10.6 Å². The van der Waals surface area contributed by atoms with Gasteiger partial charge < -0.3 is 15.5 Å². The Kier molecular flexibility index (Phi) is 7.04. The molecule has 0 radical (unpaired) electrons. The number of halogens is 1. The fourth-order valence-corrected chi connectivity index (χ4v) is 2.55. The lowest BCUT2D eigenvalue weighted by molar-refractivity contribution is -0.128. The number of nitrogens with zero attached hydrogens (tertiary/aromatic N) is 1. The van der Waals surface area contributed by atoms with E-state index in [1.54, 1.807) is 25.1 Å². The Morgan fingerprint density at radius 2 is 1.85 bits per heavy atom. The van der Waals surface area contributed by atoms with Crippen LogP contribution in [0.5, 0.6) is 0 Å². The number of anilines is 2. The van der Waals surface area contributed by atoms with Crippen LogP contribution in [0.1, 0.15) is 17.5 Å². The van der Waals surface area contributed by atoms with Crippen LogP contribution in [0.2, 0.25) is 5.02 Å². The quantitative estimate of drug-likeness (QED) is 0.777. The lowest BCUT2D eigenvalue weighted by Crippen LogP contribution is -2.22. The minimum Gasteiger partial charge on any atom is -0.376 e. The molecule has 6 heteroatoms. The fourth-order valence-electron chi connectivity index (χ4n) is 2.37. The number of benzene rings is 2. The van der Waals surface area contributed by atoms with E-state index in [9.17, 15) is 9.59 Å². The van der Waals surface area contributed by atoms with E-state index in [2.05, 4.69) is 10.6 Å². The van der Waals surface area contributed by atoms with Gasteiger partial charge in [-0.05, 0) is 48.7 Å². The zero-order chi connectivity index (χ0) is 19.1. The Hall–Kier alpha value is -2.53. The lowest BCUT2D eigenvalue weighted by atomic mass is 10.1. The Bertz CT molecular complexity index is 790. The van der Waals surface area contributed by atoms with E-state index < -0.39 is 0 Å². The molecule has 2 aromatic carbocycles. The summed E-state index contributed by atoms with van der Waals surface area (Å²) in [5.41, 5.74) is 3.52. The smallest absolute Gasteiger partial charge is 0.243 e. The molecule has 0 saturated carbocycles. The van der Waals surface area contributed by atoms with Gasteiger partial charge in [0.15, 0.2) is 0 Å². The Morgan fingerprint density at radius 1 is 1.08 bits per heavy atom. The standard InChI is InChI=1S/C20H24ClN3O2/c1-14-7-9-16(12-18(14)21)22-13-19(25)23-17-6-4-5-15(11-17)8-10-20(26)24(2)3/h4-7,9,11-12,22H,8,10,13H2,1-3H3,(H,23,25). The topological polar surface area (TPSA) is 61.4 Å². The highest BCUT2D eigenvalue weighted by atomic mass is 35.5. The first-order valence-electron chi connectivity index (χ1n) is 8.44. The van der Waals surface area contributed by atoms with E-state index in [0.717, 1.165) is 16.8 Å². The van der Waals surface area contributed by atoms with Crippen molar-refractivity contribution in [3.63, 3.8) is 0 Å². The molecule has 2 amide bonds. The highest BCUT2D eigenvalue weighted by Crippen LogP contribution is 2.19. The number of aryl methyl sites for hydroxylation is 2. The maximum absolute atomic E-state index is 12.1. The molecule has 0 aliphatic rings. The first-order chi connectivity index (χ1) is 12.3. The van der Waals surface area contributed by atoms with E-state index in [1.165, 1.54) is 0 Å². The number of hydrogen-bond donors (Lipinski definition) is 2. The van der Waals surface area contributed by atoms with Crippen LogP contribution in [0.15, 0.2) is 42.5 Å². The molecule has 5 nitrogen and oxygen atoms in total. The van der Waals surface area contributed by atoms with E-state index >= 15 is 0 Å². The molecule has 0 bridgehead atoms. The van der Waals surface area contributed by atoms with Gasteiger partial charge in [-0.3, -0.25) is 9.59 Å². The van der Waals surface area contributed by atoms with E-state index in [-0.39, 0.29) is 18.4 Å². The molecule has 138 valence electrons. The van der Waals surface area contributed by atoms with Crippen molar-refractivity contribution in [2.45, 2.75) is 19.8 Å². The molecule has 0 aliphatic carbocycles. The van der Waals surface area contributed by atoms with Gasteiger partial charge in [-0.2, -0.15) is 0 Å². The number of amides is 2. The molecular weight excluding hydrogens is 350 g/mol. The molecule has 0 heterocycles. The van der Waals surface area contributed by atoms with Gasteiger partial charge in [-0.1, -0.05) is 29.8 Å². The third-order valence-electron chi connectivity index (χ3n) is 3.96. The normalized spacial score (nSPS) is 10.3. The summed E-state index contributed by atoms with van der Waals surface area (Å²) < 4.78 is 0. The number of carbonyl (C=O) groups excluding carboxylic acids is 2. The summed E-state index contributed by atoms with van der Waals surface area (Å²) >= 11 is 6.08. The summed E-state index contributed by atoms with van der Waals surface area (Å²) in [5, 5.41) is 6.57. The minimum absolute atomic E-state index is 0.0837. The van der Waals surface area contributed by atoms with Crippen molar-refractivity contribution in [2.24, 2.45) is 0 Å². The Labute approximate surface area is 159 Å². The van der Waals surface area contributed by atoms with Gasteiger partial charge in [0.25, 0.3) is 0 Å². The predicted molar refractivity (Wildman–Crippen MR) is 107 cm³/mol. The highest BCUT2D eigenvalue weighted by Gasteiger charge is 2.07.